The van der Waals surface area contributed by atoms with Gasteiger partial charge in [-0.05, 0) is 39.8 Å². The number of nitrogen functional groups attached to an aromatic ring is 1. The molecule has 0 bridgehead atoms. The van der Waals surface area contributed by atoms with Gasteiger partial charge >= 0.3 is 0 Å². The van der Waals surface area contributed by atoms with Gasteiger partial charge in [-0.1, -0.05) is 18.2 Å². The quantitative estimate of drug-likeness (QED) is 0.797. The average Bonchev–Trinajstić information content (AvgIpc) is 2.24. The lowest BCUT2D eigenvalue weighted by Crippen LogP contribution is -2.41. The lowest BCUT2D eigenvalue weighted by molar-refractivity contribution is 0.0706. The number of anilines is 1. The molecule has 1 rings (SSSR count). The summed E-state index contributed by atoms with van der Waals surface area (Å²) >= 11 is 0. The molecule has 3 heteroatoms. The van der Waals surface area contributed by atoms with Gasteiger partial charge in [0.25, 0.3) is 5.91 Å². The fraction of sp³-hybridized carbons (Fsp3) is 0.357. The highest BCUT2D eigenvalue weighted by Gasteiger charge is 2.26. The second-order valence-corrected chi connectivity index (χ2v) is 4.92. The summed E-state index contributed by atoms with van der Waals surface area (Å²) < 4.78 is 0. The average molecular weight is 232 g/mol. The first kappa shape index (κ1) is 13.3. The van der Waals surface area contributed by atoms with Gasteiger partial charge < -0.3 is 10.6 Å². The Morgan fingerprint density at radius 2 is 1.88 bits per heavy atom. The largest absolute Gasteiger partial charge is 0.398 e. The van der Waals surface area contributed by atoms with Crippen LogP contribution in [0.1, 0.15) is 38.1 Å². The van der Waals surface area contributed by atoms with Crippen LogP contribution in [0.2, 0.25) is 0 Å². The number of rotatable bonds is 2. The maximum atomic E-state index is 12.4. The Balaban J connectivity index is 3.14. The van der Waals surface area contributed by atoms with Crippen molar-refractivity contribution >= 4 is 11.6 Å². The smallest absolute Gasteiger partial charge is 0.260 e. The highest BCUT2D eigenvalue weighted by molar-refractivity contribution is 6.00. The summed E-state index contributed by atoms with van der Waals surface area (Å²) in [6.45, 7) is 7.86. The lowest BCUT2D eigenvalue weighted by atomic mass is 10.0. The Morgan fingerprint density at radius 3 is 2.35 bits per heavy atom. The number of benzene rings is 1. The van der Waals surface area contributed by atoms with Gasteiger partial charge in [0.15, 0.2) is 0 Å². The van der Waals surface area contributed by atoms with Gasteiger partial charge in [0, 0.05) is 17.4 Å². The number of para-hydroxylation sites is 1. The maximum Gasteiger partial charge on any atom is 0.260 e. The van der Waals surface area contributed by atoms with Gasteiger partial charge in [0.2, 0.25) is 0 Å². The first-order chi connectivity index (χ1) is 7.88. The first-order valence-electron chi connectivity index (χ1n) is 5.69. The van der Waals surface area contributed by atoms with E-state index in [0.29, 0.717) is 11.3 Å². The van der Waals surface area contributed by atoms with Crippen molar-refractivity contribution in [1.82, 2.24) is 4.90 Å². The van der Waals surface area contributed by atoms with Crippen molar-refractivity contribution in [3.8, 4) is 0 Å². The third-order valence-electron chi connectivity index (χ3n) is 2.43. The van der Waals surface area contributed by atoms with E-state index in [0.717, 1.165) is 0 Å². The van der Waals surface area contributed by atoms with Crippen molar-refractivity contribution in [3.05, 3.63) is 42.1 Å². The molecule has 92 valence electrons. The van der Waals surface area contributed by atoms with Crippen LogP contribution in [-0.2, 0) is 0 Å². The van der Waals surface area contributed by atoms with Gasteiger partial charge in [-0.3, -0.25) is 4.79 Å². The number of hydrogen-bond donors (Lipinski definition) is 1. The second-order valence-electron chi connectivity index (χ2n) is 4.92. The van der Waals surface area contributed by atoms with E-state index in [1.807, 2.05) is 45.9 Å². The molecule has 0 fully saturated rings. The third-order valence-corrected chi connectivity index (χ3v) is 2.43. The van der Waals surface area contributed by atoms with E-state index in [2.05, 4.69) is 0 Å². The molecule has 0 aliphatic rings. The van der Waals surface area contributed by atoms with Gasteiger partial charge in [-0.25, -0.2) is 0 Å². The van der Waals surface area contributed by atoms with Crippen molar-refractivity contribution in [3.63, 3.8) is 0 Å². The van der Waals surface area contributed by atoms with Crippen LogP contribution in [0.25, 0.3) is 0 Å². The monoisotopic (exact) mass is 232 g/mol. The Labute approximate surface area is 103 Å². The molecule has 0 radical (unpaired) electrons. The topological polar surface area (TPSA) is 46.3 Å². The Bertz CT molecular complexity index is 430. The van der Waals surface area contributed by atoms with Crippen molar-refractivity contribution < 1.29 is 4.79 Å². The highest BCUT2D eigenvalue weighted by atomic mass is 16.2. The summed E-state index contributed by atoms with van der Waals surface area (Å²) in [5.74, 6) is -0.0753. The van der Waals surface area contributed by atoms with Gasteiger partial charge in [0.05, 0.1) is 5.56 Å². The molecule has 1 aromatic rings. The van der Waals surface area contributed by atoms with Crippen LogP contribution >= 0.6 is 0 Å². The molecular formula is C14H20N2O. The molecule has 3 nitrogen and oxygen atoms in total. The fourth-order valence-electron chi connectivity index (χ4n) is 1.57. The zero-order valence-corrected chi connectivity index (χ0v) is 10.9. The molecule has 0 heterocycles. The number of nitrogens with two attached hydrogens (primary N) is 1. The summed E-state index contributed by atoms with van der Waals surface area (Å²) in [6, 6.07) is 7.13. The van der Waals surface area contributed by atoms with Gasteiger partial charge in [0.1, 0.15) is 0 Å². The Morgan fingerprint density at radius 1 is 1.29 bits per heavy atom. The third kappa shape index (κ3) is 3.09. The lowest BCUT2D eigenvalue weighted by Gasteiger charge is -2.33. The number of allylic oxidation sites excluding steroid dienone is 1. The molecule has 1 aromatic carbocycles. The number of carbonyl (C=O) groups is 1. The summed E-state index contributed by atoms with van der Waals surface area (Å²) in [6.07, 6.45) is 3.64. The highest BCUT2D eigenvalue weighted by Crippen LogP contribution is 2.21. The normalized spacial score (nSPS) is 11.8. The molecule has 0 aliphatic heterocycles. The molecule has 0 atom stereocenters. The predicted octanol–water partition coefficient (Wildman–Crippen LogP) is 3.04. The fourth-order valence-corrected chi connectivity index (χ4v) is 1.57. The molecule has 0 saturated heterocycles. The van der Waals surface area contributed by atoms with Gasteiger partial charge in [-0.15, -0.1) is 0 Å². The minimum absolute atomic E-state index is 0.0753. The molecular weight excluding hydrogens is 212 g/mol. The SMILES string of the molecule is C/C=C\N(C(=O)c1ccccc1N)C(C)(C)C. The molecule has 0 unspecified atom stereocenters. The van der Waals surface area contributed by atoms with Crippen molar-refractivity contribution in [2.24, 2.45) is 0 Å². The van der Waals surface area contributed by atoms with E-state index < -0.39 is 0 Å². The first-order valence-corrected chi connectivity index (χ1v) is 5.69. The van der Waals surface area contributed by atoms with Crippen LogP contribution in [0.15, 0.2) is 36.5 Å². The zero-order valence-electron chi connectivity index (χ0n) is 10.9. The molecule has 1 amide bonds. The van der Waals surface area contributed by atoms with Crippen LogP contribution in [-0.4, -0.2) is 16.3 Å². The summed E-state index contributed by atoms with van der Waals surface area (Å²) in [4.78, 5) is 14.1. The van der Waals surface area contributed by atoms with Crippen LogP contribution in [0.5, 0.6) is 0 Å². The molecule has 0 spiro atoms. The Kier molecular flexibility index (Phi) is 3.94. The second kappa shape index (κ2) is 5.04. The molecule has 17 heavy (non-hydrogen) atoms. The molecule has 0 aliphatic carbocycles. The summed E-state index contributed by atoms with van der Waals surface area (Å²) in [7, 11) is 0. The molecule has 0 aromatic heterocycles. The van der Waals surface area contributed by atoms with Crippen LogP contribution in [0.3, 0.4) is 0 Å². The van der Waals surface area contributed by atoms with Crippen molar-refractivity contribution in [1.29, 1.82) is 0 Å². The van der Waals surface area contributed by atoms with Crippen molar-refractivity contribution in [2.45, 2.75) is 33.2 Å². The van der Waals surface area contributed by atoms with Crippen LogP contribution < -0.4 is 5.73 Å². The van der Waals surface area contributed by atoms with E-state index in [1.54, 1.807) is 23.2 Å². The van der Waals surface area contributed by atoms with Crippen molar-refractivity contribution in [2.75, 3.05) is 5.73 Å². The van der Waals surface area contributed by atoms with Gasteiger partial charge in [-0.2, -0.15) is 0 Å². The van der Waals surface area contributed by atoms with E-state index in [-0.39, 0.29) is 11.4 Å². The molecule has 2 N–H and O–H groups in total. The standard InChI is InChI=1S/C14H20N2O/c1-5-10-16(14(2,3)4)13(17)11-8-6-7-9-12(11)15/h5-10H,15H2,1-4H3/b10-5-. The minimum Gasteiger partial charge on any atom is -0.398 e. The predicted molar refractivity (Wildman–Crippen MR) is 71.6 cm³/mol. The van der Waals surface area contributed by atoms with Crippen LogP contribution in [0, 0.1) is 0 Å². The maximum absolute atomic E-state index is 12.4. The zero-order chi connectivity index (χ0) is 13.1. The Hall–Kier alpha value is -1.77. The summed E-state index contributed by atoms with van der Waals surface area (Å²) in [5, 5.41) is 0. The van der Waals surface area contributed by atoms with E-state index >= 15 is 0 Å². The van der Waals surface area contributed by atoms with E-state index in [1.165, 1.54) is 0 Å². The minimum atomic E-state index is -0.272. The van der Waals surface area contributed by atoms with E-state index in [9.17, 15) is 4.79 Å². The number of hydrogen-bond acceptors (Lipinski definition) is 2. The number of carbonyl (C=O) groups excluding carboxylic acids is 1. The summed E-state index contributed by atoms with van der Waals surface area (Å²) in [5.41, 5.74) is 6.61. The number of amides is 1. The van der Waals surface area contributed by atoms with Crippen LogP contribution in [0.4, 0.5) is 5.69 Å². The van der Waals surface area contributed by atoms with E-state index in [4.69, 9.17) is 5.73 Å². The molecule has 0 saturated carbocycles. The number of nitrogens with zero attached hydrogens (tertiary/aromatic N) is 1.